The van der Waals surface area contributed by atoms with Crippen molar-refractivity contribution in [3.63, 3.8) is 0 Å². The molecule has 0 amide bonds. The van der Waals surface area contributed by atoms with Crippen molar-refractivity contribution in [2.24, 2.45) is 0 Å². The summed E-state index contributed by atoms with van der Waals surface area (Å²) in [5.41, 5.74) is 2.16. The standard InChI is InChI=1S/C8H6N4OS/c9-1-6-2-12-13-8(6)11-4-7-3-10-5-14-7/h2-3,5,11H,4H2. The molecule has 2 heterocycles. The van der Waals surface area contributed by atoms with Gasteiger partial charge in [0.2, 0.25) is 5.88 Å². The van der Waals surface area contributed by atoms with Gasteiger partial charge in [0.25, 0.3) is 0 Å². The van der Waals surface area contributed by atoms with E-state index in [4.69, 9.17) is 9.78 Å². The van der Waals surface area contributed by atoms with Gasteiger partial charge in [0.15, 0.2) is 0 Å². The van der Waals surface area contributed by atoms with Gasteiger partial charge < -0.3 is 9.84 Å². The minimum atomic E-state index is 0.404. The predicted molar refractivity (Wildman–Crippen MR) is 50.7 cm³/mol. The summed E-state index contributed by atoms with van der Waals surface area (Å²) in [6.45, 7) is 0.592. The predicted octanol–water partition coefficient (Wildman–Crippen LogP) is 1.61. The molecule has 0 aromatic carbocycles. The Morgan fingerprint density at radius 1 is 1.57 bits per heavy atom. The zero-order valence-corrected chi connectivity index (χ0v) is 7.91. The minimum absolute atomic E-state index is 0.404. The monoisotopic (exact) mass is 206 g/mol. The maximum absolute atomic E-state index is 8.66. The highest BCUT2D eigenvalue weighted by molar-refractivity contribution is 7.09. The highest BCUT2D eigenvalue weighted by atomic mass is 32.1. The Morgan fingerprint density at radius 3 is 3.21 bits per heavy atom. The fraction of sp³-hybridized carbons (Fsp3) is 0.125. The molecule has 0 aliphatic heterocycles. The van der Waals surface area contributed by atoms with Crippen molar-refractivity contribution in [1.82, 2.24) is 10.1 Å². The number of hydrogen-bond acceptors (Lipinski definition) is 6. The van der Waals surface area contributed by atoms with Crippen molar-refractivity contribution >= 4 is 17.2 Å². The molecule has 6 heteroatoms. The van der Waals surface area contributed by atoms with Gasteiger partial charge in [-0.05, 0) is 0 Å². The van der Waals surface area contributed by atoms with Crippen LogP contribution in [0.4, 0.5) is 5.88 Å². The molecule has 0 saturated heterocycles. The van der Waals surface area contributed by atoms with E-state index in [0.29, 0.717) is 18.0 Å². The first-order valence-corrected chi connectivity index (χ1v) is 4.74. The largest absolute Gasteiger partial charge is 0.348 e. The normalized spacial score (nSPS) is 9.64. The van der Waals surface area contributed by atoms with E-state index in [1.807, 2.05) is 6.07 Å². The zero-order chi connectivity index (χ0) is 9.80. The molecule has 0 atom stereocenters. The Bertz CT molecular complexity index is 442. The van der Waals surface area contributed by atoms with E-state index in [0.717, 1.165) is 4.88 Å². The van der Waals surface area contributed by atoms with Gasteiger partial charge in [0.1, 0.15) is 11.6 Å². The van der Waals surface area contributed by atoms with E-state index in [2.05, 4.69) is 15.5 Å². The van der Waals surface area contributed by atoms with Gasteiger partial charge in [-0.15, -0.1) is 11.3 Å². The van der Waals surface area contributed by atoms with Crippen molar-refractivity contribution in [2.75, 3.05) is 5.32 Å². The Labute approximate surface area is 84.0 Å². The number of hydrogen-bond donors (Lipinski definition) is 1. The SMILES string of the molecule is N#Cc1cnoc1NCc1cncs1. The first-order chi connectivity index (χ1) is 6.90. The molecule has 70 valence electrons. The van der Waals surface area contributed by atoms with Gasteiger partial charge in [-0.3, -0.25) is 4.98 Å². The summed E-state index contributed by atoms with van der Waals surface area (Å²) >= 11 is 1.54. The molecular weight excluding hydrogens is 200 g/mol. The van der Waals surface area contributed by atoms with Gasteiger partial charge in [-0.2, -0.15) is 5.26 Å². The van der Waals surface area contributed by atoms with Crippen LogP contribution in [-0.4, -0.2) is 10.1 Å². The molecular formula is C8H6N4OS. The third-order valence-electron chi connectivity index (χ3n) is 1.60. The summed E-state index contributed by atoms with van der Waals surface area (Å²) in [5.74, 6) is 0.404. The highest BCUT2D eigenvalue weighted by Gasteiger charge is 2.06. The van der Waals surface area contributed by atoms with Crippen molar-refractivity contribution in [1.29, 1.82) is 5.26 Å². The number of nitrogens with one attached hydrogen (secondary N) is 1. The van der Waals surface area contributed by atoms with Crippen molar-refractivity contribution in [2.45, 2.75) is 6.54 Å². The zero-order valence-electron chi connectivity index (χ0n) is 7.10. The second-order valence-corrected chi connectivity index (χ2v) is 3.47. The molecule has 2 rings (SSSR count). The van der Waals surface area contributed by atoms with Gasteiger partial charge in [-0.25, -0.2) is 0 Å². The molecule has 5 nitrogen and oxygen atoms in total. The molecule has 0 spiro atoms. The molecule has 0 saturated carbocycles. The lowest BCUT2D eigenvalue weighted by Gasteiger charge is -1.97. The highest BCUT2D eigenvalue weighted by Crippen LogP contribution is 2.15. The Morgan fingerprint density at radius 2 is 2.50 bits per heavy atom. The molecule has 14 heavy (non-hydrogen) atoms. The molecule has 0 fully saturated rings. The summed E-state index contributed by atoms with van der Waals surface area (Å²) in [6.07, 6.45) is 3.15. The summed E-state index contributed by atoms with van der Waals surface area (Å²) in [4.78, 5) is 5.01. The third kappa shape index (κ3) is 1.72. The molecule has 0 unspecified atom stereocenters. The van der Waals surface area contributed by atoms with E-state index in [-0.39, 0.29) is 0 Å². The molecule has 0 radical (unpaired) electrons. The van der Waals surface area contributed by atoms with Crippen molar-refractivity contribution < 1.29 is 4.52 Å². The van der Waals surface area contributed by atoms with Crippen LogP contribution in [0.5, 0.6) is 0 Å². The molecule has 1 N–H and O–H groups in total. The average molecular weight is 206 g/mol. The van der Waals surface area contributed by atoms with Crippen LogP contribution in [0.15, 0.2) is 22.4 Å². The summed E-state index contributed by atoms with van der Waals surface area (Å²) in [5, 5.41) is 15.2. The van der Waals surface area contributed by atoms with Crippen LogP contribution in [0, 0.1) is 11.3 Å². The van der Waals surface area contributed by atoms with E-state index in [1.54, 1.807) is 11.7 Å². The fourth-order valence-corrected chi connectivity index (χ4v) is 1.48. The van der Waals surface area contributed by atoms with Crippen LogP contribution in [0.2, 0.25) is 0 Å². The van der Waals surface area contributed by atoms with Crippen LogP contribution in [-0.2, 0) is 6.54 Å². The van der Waals surface area contributed by atoms with E-state index in [1.165, 1.54) is 17.5 Å². The van der Waals surface area contributed by atoms with Crippen LogP contribution < -0.4 is 5.32 Å². The Kier molecular flexibility index (Phi) is 2.42. The lowest BCUT2D eigenvalue weighted by atomic mass is 10.4. The van der Waals surface area contributed by atoms with Crippen molar-refractivity contribution in [3.8, 4) is 6.07 Å². The van der Waals surface area contributed by atoms with Crippen LogP contribution in [0.1, 0.15) is 10.4 Å². The number of aromatic nitrogens is 2. The second kappa shape index (κ2) is 3.89. The second-order valence-electron chi connectivity index (χ2n) is 2.50. The topological polar surface area (TPSA) is 74.7 Å². The fourth-order valence-electron chi connectivity index (χ4n) is 0.944. The third-order valence-corrected chi connectivity index (χ3v) is 2.38. The number of nitriles is 1. The number of nitrogens with zero attached hydrogens (tertiary/aromatic N) is 3. The number of thiazole rings is 1. The van der Waals surface area contributed by atoms with Crippen molar-refractivity contribution in [3.05, 3.63) is 28.3 Å². The molecule has 0 bridgehead atoms. The molecule has 0 aliphatic rings. The molecule has 0 aliphatic carbocycles. The number of anilines is 1. The van der Waals surface area contributed by atoms with Crippen LogP contribution >= 0.6 is 11.3 Å². The van der Waals surface area contributed by atoms with E-state index < -0.39 is 0 Å². The lowest BCUT2D eigenvalue weighted by molar-refractivity contribution is 0.432. The minimum Gasteiger partial charge on any atom is -0.348 e. The molecule has 2 aromatic rings. The van der Waals surface area contributed by atoms with Gasteiger partial charge in [0.05, 0.1) is 18.3 Å². The quantitative estimate of drug-likeness (QED) is 0.825. The smallest absolute Gasteiger partial charge is 0.242 e. The summed E-state index contributed by atoms with van der Waals surface area (Å²) in [6, 6.07) is 1.97. The first kappa shape index (κ1) is 8.72. The average Bonchev–Trinajstić information content (AvgIpc) is 2.85. The Hall–Kier alpha value is -1.87. The summed E-state index contributed by atoms with van der Waals surface area (Å²) in [7, 11) is 0. The maximum atomic E-state index is 8.66. The van der Waals surface area contributed by atoms with Gasteiger partial charge in [-0.1, -0.05) is 5.16 Å². The van der Waals surface area contributed by atoms with Crippen LogP contribution in [0.25, 0.3) is 0 Å². The first-order valence-electron chi connectivity index (χ1n) is 3.86. The number of rotatable bonds is 3. The van der Waals surface area contributed by atoms with Gasteiger partial charge >= 0.3 is 0 Å². The van der Waals surface area contributed by atoms with E-state index in [9.17, 15) is 0 Å². The van der Waals surface area contributed by atoms with Gasteiger partial charge in [0, 0.05) is 11.1 Å². The maximum Gasteiger partial charge on any atom is 0.242 e. The van der Waals surface area contributed by atoms with E-state index >= 15 is 0 Å². The Balaban J connectivity index is 2.02. The lowest BCUT2D eigenvalue weighted by Crippen LogP contribution is -1.97. The summed E-state index contributed by atoms with van der Waals surface area (Å²) < 4.78 is 4.85. The molecule has 2 aromatic heterocycles. The van der Waals surface area contributed by atoms with Crippen LogP contribution in [0.3, 0.4) is 0 Å².